The van der Waals surface area contributed by atoms with Gasteiger partial charge in [-0.1, -0.05) is 29.3 Å². The van der Waals surface area contributed by atoms with Gasteiger partial charge in [0, 0.05) is 18.5 Å². The highest BCUT2D eigenvalue weighted by Gasteiger charge is 2.27. The highest BCUT2D eigenvalue weighted by molar-refractivity contribution is 6.33. The molecule has 0 saturated heterocycles. The van der Waals surface area contributed by atoms with Crippen molar-refractivity contribution in [3.05, 3.63) is 45.2 Å². The van der Waals surface area contributed by atoms with E-state index >= 15 is 0 Å². The summed E-state index contributed by atoms with van der Waals surface area (Å²) < 4.78 is 7.44. The first-order valence-electron chi connectivity index (χ1n) is 8.20. The number of aryl methyl sites for hydroxylation is 4. The van der Waals surface area contributed by atoms with Gasteiger partial charge in [-0.3, -0.25) is 9.48 Å². The van der Waals surface area contributed by atoms with Crippen LogP contribution in [0.5, 0.6) is 5.75 Å². The van der Waals surface area contributed by atoms with Gasteiger partial charge in [0.25, 0.3) is 5.91 Å². The van der Waals surface area contributed by atoms with Crippen LogP contribution in [-0.4, -0.2) is 22.3 Å². The van der Waals surface area contributed by atoms with E-state index in [4.69, 9.17) is 16.3 Å². The molecule has 24 heavy (non-hydrogen) atoms. The molecule has 1 N–H and O–H groups in total. The topological polar surface area (TPSA) is 56.2 Å². The number of hydrogen-bond donors (Lipinski definition) is 1. The molecule has 2 heterocycles. The number of benzene rings is 1. The zero-order valence-electron chi connectivity index (χ0n) is 14.4. The highest BCUT2D eigenvalue weighted by Crippen LogP contribution is 2.36. The summed E-state index contributed by atoms with van der Waals surface area (Å²) in [7, 11) is 0. The molecule has 0 spiro atoms. The van der Waals surface area contributed by atoms with E-state index in [9.17, 15) is 4.79 Å². The molecule has 1 aromatic carbocycles. The smallest absolute Gasteiger partial charge is 0.256 e. The van der Waals surface area contributed by atoms with Crippen LogP contribution in [0.3, 0.4) is 0 Å². The molecule has 1 aliphatic heterocycles. The van der Waals surface area contributed by atoms with Crippen molar-refractivity contribution in [1.82, 2.24) is 15.1 Å². The number of aromatic nitrogens is 2. The average Bonchev–Trinajstić information content (AvgIpc) is 2.82. The third-order valence-corrected chi connectivity index (χ3v) is 4.76. The number of carbonyl (C=O) groups excluding carboxylic acids is 1. The quantitative estimate of drug-likeness (QED) is 0.920. The number of nitrogens with one attached hydrogen (secondary N) is 1. The molecule has 0 fully saturated rings. The standard InChI is InChI=1S/C18H22ClN3O2/c1-5-22-17(19)15(12(4)21-22)18(23)20-14-6-7-24-16-11(3)8-10(2)9-13(14)16/h8-9,14H,5-7H2,1-4H3,(H,20,23)/t14-/m1/s1. The number of carbonyl (C=O) groups is 1. The van der Waals surface area contributed by atoms with E-state index in [1.54, 1.807) is 11.6 Å². The SMILES string of the molecule is CCn1nc(C)c(C(=O)N[C@@H]2CCOc3c(C)cc(C)cc32)c1Cl. The van der Waals surface area contributed by atoms with Crippen molar-refractivity contribution in [2.75, 3.05) is 6.61 Å². The normalized spacial score (nSPS) is 16.5. The minimum absolute atomic E-state index is 0.0831. The molecule has 1 aliphatic rings. The lowest BCUT2D eigenvalue weighted by Crippen LogP contribution is -2.32. The van der Waals surface area contributed by atoms with Crippen LogP contribution in [0.2, 0.25) is 5.15 Å². The second-order valence-corrected chi connectivity index (χ2v) is 6.59. The Morgan fingerprint density at radius 1 is 1.42 bits per heavy atom. The maximum Gasteiger partial charge on any atom is 0.256 e. The lowest BCUT2D eigenvalue weighted by Gasteiger charge is -2.28. The van der Waals surface area contributed by atoms with Crippen LogP contribution >= 0.6 is 11.6 Å². The molecule has 0 saturated carbocycles. The molecule has 3 rings (SSSR count). The summed E-state index contributed by atoms with van der Waals surface area (Å²) in [5.74, 6) is 0.693. The number of amides is 1. The Morgan fingerprint density at radius 3 is 2.83 bits per heavy atom. The predicted octanol–water partition coefficient (Wildman–Crippen LogP) is 3.74. The van der Waals surface area contributed by atoms with Crippen LogP contribution in [0, 0.1) is 20.8 Å². The Hall–Kier alpha value is -2.01. The second kappa shape index (κ2) is 6.48. The van der Waals surface area contributed by atoms with Gasteiger partial charge in [0.15, 0.2) is 0 Å². The lowest BCUT2D eigenvalue weighted by molar-refractivity contribution is 0.0924. The zero-order chi connectivity index (χ0) is 17.4. The Balaban J connectivity index is 1.91. The van der Waals surface area contributed by atoms with Crippen LogP contribution in [0.1, 0.15) is 52.1 Å². The van der Waals surface area contributed by atoms with Gasteiger partial charge in [-0.25, -0.2) is 0 Å². The average molecular weight is 348 g/mol. The fraction of sp³-hybridized carbons (Fsp3) is 0.444. The molecule has 128 valence electrons. The van der Waals surface area contributed by atoms with Crippen molar-refractivity contribution in [3.63, 3.8) is 0 Å². The third kappa shape index (κ3) is 2.88. The number of hydrogen-bond acceptors (Lipinski definition) is 3. The summed E-state index contributed by atoms with van der Waals surface area (Å²) in [6.07, 6.45) is 0.736. The van der Waals surface area contributed by atoms with Gasteiger partial charge in [0.2, 0.25) is 0 Å². The molecule has 0 radical (unpaired) electrons. The highest BCUT2D eigenvalue weighted by atomic mass is 35.5. The van der Waals surface area contributed by atoms with Crippen LogP contribution in [0.4, 0.5) is 0 Å². The monoisotopic (exact) mass is 347 g/mol. The van der Waals surface area contributed by atoms with Gasteiger partial charge in [0.05, 0.1) is 23.9 Å². The maximum atomic E-state index is 12.8. The van der Waals surface area contributed by atoms with Gasteiger partial charge in [-0.05, 0) is 33.3 Å². The van der Waals surface area contributed by atoms with Crippen LogP contribution in [0.25, 0.3) is 0 Å². The summed E-state index contributed by atoms with van der Waals surface area (Å²) in [6, 6.07) is 4.09. The summed E-state index contributed by atoms with van der Waals surface area (Å²) in [5.41, 5.74) is 4.38. The largest absolute Gasteiger partial charge is 0.493 e. The van der Waals surface area contributed by atoms with Gasteiger partial charge in [-0.15, -0.1) is 0 Å². The predicted molar refractivity (Wildman–Crippen MR) is 93.9 cm³/mol. The first kappa shape index (κ1) is 16.8. The van der Waals surface area contributed by atoms with Crippen molar-refractivity contribution in [2.45, 2.75) is 46.7 Å². The summed E-state index contributed by atoms with van der Waals surface area (Å²) in [4.78, 5) is 12.8. The van der Waals surface area contributed by atoms with Crippen LogP contribution in [-0.2, 0) is 6.54 Å². The number of halogens is 1. The molecule has 5 nitrogen and oxygen atoms in total. The molecular weight excluding hydrogens is 326 g/mol. The molecule has 6 heteroatoms. The Bertz CT molecular complexity index is 798. The number of rotatable bonds is 3. The van der Waals surface area contributed by atoms with E-state index in [-0.39, 0.29) is 11.9 Å². The number of fused-ring (bicyclic) bond motifs is 1. The van der Waals surface area contributed by atoms with E-state index in [2.05, 4.69) is 22.5 Å². The summed E-state index contributed by atoms with van der Waals surface area (Å²) in [6.45, 7) is 9.04. The van der Waals surface area contributed by atoms with E-state index in [1.807, 2.05) is 20.8 Å². The van der Waals surface area contributed by atoms with E-state index in [1.165, 1.54) is 0 Å². The van der Waals surface area contributed by atoms with Crippen LogP contribution in [0.15, 0.2) is 12.1 Å². The molecule has 2 aromatic rings. The minimum Gasteiger partial charge on any atom is -0.493 e. The summed E-state index contributed by atoms with van der Waals surface area (Å²) >= 11 is 6.31. The maximum absolute atomic E-state index is 12.8. The molecule has 0 unspecified atom stereocenters. The van der Waals surface area contributed by atoms with Gasteiger partial charge >= 0.3 is 0 Å². The van der Waals surface area contributed by atoms with Crippen molar-refractivity contribution in [1.29, 1.82) is 0 Å². The fourth-order valence-corrected chi connectivity index (χ4v) is 3.66. The minimum atomic E-state index is -0.186. The second-order valence-electron chi connectivity index (χ2n) is 6.23. The molecule has 1 atom stereocenters. The van der Waals surface area contributed by atoms with Crippen molar-refractivity contribution < 1.29 is 9.53 Å². The first-order valence-corrected chi connectivity index (χ1v) is 8.57. The molecule has 0 bridgehead atoms. The van der Waals surface area contributed by atoms with E-state index in [0.717, 1.165) is 28.9 Å². The molecular formula is C18H22ClN3O2. The van der Waals surface area contributed by atoms with Crippen LogP contribution < -0.4 is 10.1 Å². The number of ether oxygens (including phenoxy) is 1. The van der Waals surface area contributed by atoms with Gasteiger partial charge in [-0.2, -0.15) is 5.10 Å². The van der Waals surface area contributed by atoms with Gasteiger partial charge < -0.3 is 10.1 Å². The van der Waals surface area contributed by atoms with Gasteiger partial charge in [0.1, 0.15) is 10.9 Å². The summed E-state index contributed by atoms with van der Waals surface area (Å²) in [5, 5.41) is 7.81. The van der Waals surface area contributed by atoms with E-state index < -0.39 is 0 Å². The zero-order valence-corrected chi connectivity index (χ0v) is 15.2. The van der Waals surface area contributed by atoms with Crippen molar-refractivity contribution in [3.8, 4) is 5.75 Å². The molecule has 1 amide bonds. The van der Waals surface area contributed by atoms with E-state index in [0.29, 0.717) is 29.6 Å². The molecule has 1 aromatic heterocycles. The first-order chi connectivity index (χ1) is 11.4. The Kier molecular flexibility index (Phi) is 4.54. The molecule has 0 aliphatic carbocycles. The fourth-order valence-electron chi connectivity index (χ4n) is 3.28. The third-order valence-electron chi connectivity index (χ3n) is 4.37. The Morgan fingerprint density at radius 2 is 2.17 bits per heavy atom. The number of nitrogens with zero attached hydrogens (tertiary/aromatic N) is 2. The van der Waals surface area contributed by atoms with Crippen molar-refractivity contribution in [2.24, 2.45) is 0 Å². The van der Waals surface area contributed by atoms with Crippen molar-refractivity contribution >= 4 is 17.5 Å². The lowest BCUT2D eigenvalue weighted by atomic mass is 9.95. The Labute approximate surface area is 147 Å².